The van der Waals surface area contributed by atoms with Crippen LogP contribution in [0.1, 0.15) is 115 Å². The number of amides is 1. The fourth-order valence-electron chi connectivity index (χ4n) is 14.1. The third-order valence-electron chi connectivity index (χ3n) is 17.0. The van der Waals surface area contributed by atoms with Gasteiger partial charge in [0.15, 0.2) is 0 Å². The Morgan fingerprint density at radius 2 is 1.58 bits per heavy atom. The summed E-state index contributed by atoms with van der Waals surface area (Å²) in [6.07, 6.45) is 11.5. The van der Waals surface area contributed by atoms with Crippen LogP contribution in [-0.4, -0.2) is 75.4 Å². The molecule has 1 aliphatic heterocycles. The van der Waals surface area contributed by atoms with E-state index in [4.69, 9.17) is 0 Å². The number of rotatable bonds is 8. The first kappa shape index (κ1) is 38.6. The van der Waals surface area contributed by atoms with Gasteiger partial charge in [-0.1, -0.05) is 65.0 Å². The SMILES string of the molecule is C=C(C)[C@@H]1CC[C@]2(C(=O)C(=O)NCCN3CCS(=C)(=O)CC3)CC[C@]3(C)[C@H](CC[C@@H]4[C@@]5(C)CC=C(c6ccc(C(=O)O)cc6)C(C)(C)[C@@H]5CC[C@]43C)[C@@H]12. The standard InChI is InChI=1S/C45H64N2O5S/c1-29(2)32-15-20-45(38(48)39(49)46-23-24-47-25-27-53(8,52)28-26-47)22-21-43(6)34(37(32)45)13-14-36-42(5)18-16-33(30-9-11-31(12-10-30)40(50)51)41(3,4)35(42)17-19-44(36,43)7/h9-12,16,32,34-37H,1,8,13-15,17-28H2,2-7H3,(H,46,49)(H,50,51)/t32-,34+,35-,36+,37+,42-,43+,44+,45-/m0/s1. The fraction of sp³-hybridized carbons (Fsp3) is 0.689. The molecule has 53 heavy (non-hydrogen) atoms. The van der Waals surface area contributed by atoms with Gasteiger partial charge < -0.3 is 10.4 Å². The van der Waals surface area contributed by atoms with E-state index in [1.165, 1.54) is 5.57 Å². The van der Waals surface area contributed by atoms with Crippen molar-refractivity contribution >= 4 is 38.6 Å². The summed E-state index contributed by atoms with van der Waals surface area (Å²) >= 11 is 0. The first-order chi connectivity index (χ1) is 24.8. The van der Waals surface area contributed by atoms with Gasteiger partial charge in [-0.25, -0.2) is 4.79 Å². The van der Waals surface area contributed by atoms with E-state index < -0.39 is 26.8 Å². The quantitative estimate of drug-likeness (QED) is 0.160. The number of benzene rings is 1. The van der Waals surface area contributed by atoms with Crippen LogP contribution in [0.4, 0.5) is 0 Å². The zero-order valence-corrected chi connectivity index (χ0v) is 34.0. The van der Waals surface area contributed by atoms with E-state index >= 15 is 0 Å². The number of nitrogens with zero attached hydrogens (tertiary/aromatic N) is 1. The Morgan fingerprint density at radius 1 is 0.906 bits per heavy atom. The highest BCUT2D eigenvalue weighted by Gasteiger charge is 2.71. The fourth-order valence-corrected chi connectivity index (χ4v) is 15.5. The number of aromatic carboxylic acids is 1. The normalized spacial score (nSPS) is 40.0. The molecule has 2 N–H and O–H groups in total. The molecule has 5 fully saturated rings. The summed E-state index contributed by atoms with van der Waals surface area (Å²) in [5.74, 6) is 5.33. The molecule has 1 heterocycles. The van der Waals surface area contributed by atoms with Gasteiger partial charge in [0.25, 0.3) is 5.91 Å². The molecule has 9 atom stereocenters. The Morgan fingerprint density at radius 3 is 2.23 bits per heavy atom. The average Bonchev–Trinajstić information content (AvgIpc) is 3.50. The Kier molecular flexibility index (Phi) is 9.61. The molecular weight excluding hydrogens is 681 g/mol. The van der Waals surface area contributed by atoms with Crippen molar-refractivity contribution < 1.29 is 23.7 Å². The number of carboxylic acids is 1. The molecule has 1 aromatic carbocycles. The van der Waals surface area contributed by atoms with Gasteiger partial charge in [0, 0.05) is 43.1 Å². The number of fused-ring (bicyclic) bond motifs is 7. The molecule has 6 aliphatic rings. The summed E-state index contributed by atoms with van der Waals surface area (Å²) in [5.41, 5.74) is 3.55. The molecule has 0 unspecified atom stereocenters. The van der Waals surface area contributed by atoms with E-state index in [9.17, 15) is 23.7 Å². The van der Waals surface area contributed by atoms with Crippen molar-refractivity contribution in [3.63, 3.8) is 0 Å². The average molecular weight is 745 g/mol. The van der Waals surface area contributed by atoms with Crippen LogP contribution in [0.25, 0.3) is 5.57 Å². The Balaban J connectivity index is 1.13. The van der Waals surface area contributed by atoms with E-state index in [1.54, 1.807) is 12.1 Å². The van der Waals surface area contributed by atoms with Crippen LogP contribution in [0, 0.1) is 56.7 Å². The molecular formula is C45H64N2O5S. The molecule has 5 aliphatic carbocycles. The van der Waals surface area contributed by atoms with Gasteiger partial charge in [-0.05, 0) is 155 Å². The van der Waals surface area contributed by atoms with Crippen LogP contribution in [0.2, 0.25) is 0 Å². The van der Waals surface area contributed by atoms with Crippen LogP contribution in [-0.2, 0) is 19.1 Å². The summed E-state index contributed by atoms with van der Waals surface area (Å²) in [7, 11) is -1.97. The number of carbonyl (C=O) groups excluding carboxylic acids is 2. The van der Waals surface area contributed by atoms with Crippen molar-refractivity contribution in [2.75, 3.05) is 37.7 Å². The van der Waals surface area contributed by atoms with E-state index in [0.29, 0.717) is 47.9 Å². The first-order valence-corrected chi connectivity index (χ1v) is 22.4. The van der Waals surface area contributed by atoms with Gasteiger partial charge >= 0.3 is 5.97 Å². The lowest BCUT2D eigenvalue weighted by atomic mass is 9.32. The smallest absolute Gasteiger partial charge is 0.335 e. The van der Waals surface area contributed by atoms with Crippen molar-refractivity contribution in [3.8, 4) is 0 Å². The minimum Gasteiger partial charge on any atom is -0.478 e. The Hall–Kier alpha value is -2.71. The number of allylic oxidation sites excluding steroid dienone is 3. The highest BCUT2D eigenvalue weighted by atomic mass is 32.2. The lowest BCUT2D eigenvalue weighted by Crippen LogP contribution is -2.66. The summed E-state index contributed by atoms with van der Waals surface area (Å²) in [4.78, 5) is 42.1. The highest BCUT2D eigenvalue weighted by Crippen LogP contribution is 2.77. The molecule has 0 spiro atoms. The topological polar surface area (TPSA) is 104 Å². The molecule has 0 bridgehead atoms. The summed E-state index contributed by atoms with van der Waals surface area (Å²) < 4.78 is 12.3. The number of Topliss-reactive ketones (excluding diaryl/α,β-unsaturated/α-hetero) is 1. The van der Waals surface area contributed by atoms with Gasteiger partial charge in [-0.15, -0.1) is 0 Å². The predicted molar refractivity (Wildman–Crippen MR) is 215 cm³/mol. The lowest BCUT2D eigenvalue weighted by molar-refractivity contribution is -0.224. The molecule has 0 radical (unpaired) electrons. The maximum Gasteiger partial charge on any atom is 0.335 e. The minimum atomic E-state index is -1.97. The molecule has 290 valence electrons. The zero-order chi connectivity index (χ0) is 38.4. The minimum absolute atomic E-state index is 0.0504. The summed E-state index contributed by atoms with van der Waals surface area (Å²) in [5, 5.41) is 12.5. The van der Waals surface area contributed by atoms with Crippen LogP contribution in [0.15, 0.2) is 42.5 Å². The second-order valence-electron chi connectivity index (χ2n) is 19.6. The number of carboxylic acid groups (broad SMARTS) is 1. The van der Waals surface area contributed by atoms with Gasteiger partial charge in [0.2, 0.25) is 5.78 Å². The molecule has 1 saturated heterocycles. The van der Waals surface area contributed by atoms with Crippen molar-refractivity contribution in [1.82, 2.24) is 10.2 Å². The monoisotopic (exact) mass is 744 g/mol. The molecule has 1 aromatic rings. The maximum atomic E-state index is 14.6. The number of nitrogens with one attached hydrogen (secondary N) is 1. The van der Waals surface area contributed by atoms with Gasteiger partial charge in [0.05, 0.1) is 5.56 Å². The van der Waals surface area contributed by atoms with Gasteiger partial charge in [-0.2, -0.15) is 0 Å². The second kappa shape index (κ2) is 13.2. The second-order valence-corrected chi connectivity index (χ2v) is 22.3. The number of hydrogen-bond donors (Lipinski definition) is 2. The maximum absolute atomic E-state index is 14.6. The zero-order valence-electron chi connectivity index (χ0n) is 33.2. The van der Waals surface area contributed by atoms with Gasteiger partial charge in [-0.3, -0.25) is 18.7 Å². The molecule has 8 heteroatoms. The molecule has 0 aromatic heterocycles. The van der Waals surface area contributed by atoms with Crippen LogP contribution in [0.3, 0.4) is 0 Å². The van der Waals surface area contributed by atoms with E-state index in [0.717, 1.165) is 82.0 Å². The van der Waals surface area contributed by atoms with Crippen molar-refractivity contribution in [1.29, 1.82) is 0 Å². The number of hydrogen-bond acceptors (Lipinski definition) is 5. The predicted octanol–water partition coefficient (Wildman–Crippen LogP) is 7.75. The van der Waals surface area contributed by atoms with Crippen molar-refractivity contribution in [3.05, 3.63) is 53.6 Å². The summed E-state index contributed by atoms with van der Waals surface area (Å²) in [6, 6.07) is 7.46. The summed E-state index contributed by atoms with van der Waals surface area (Å²) in [6.45, 7) is 21.7. The van der Waals surface area contributed by atoms with E-state index in [-0.39, 0.29) is 39.3 Å². The van der Waals surface area contributed by atoms with E-state index in [1.807, 2.05) is 12.1 Å². The first-order valence-electron chi connectivity index (χ1n) is 20.4. The van der Waals surface area contributed by atoms with Crippen molar-refractivity contribution in [2.24, 2.45) is 56.7 Å². The molecule has 7 nitrogen and oxygen atoms in total. The van der Waals surface area contributed by atoms with Crippen molar-refractivity contribution in [2.45, 2.75) is 99.3 Å². The Bertz CT molecular complexity index is 1820. The molecule has 4 saturated carbocycles. The van der Waals surface area contributed by atoms with Gasteiger partial charge in [0.1, 0.15) is 0 Å². The highest BCUT2D eigenvalue weighted by molar-refractivity contribution is 8.00. The molecule has 7 rings (SSSR count). The number of carbonyl (C=O) groups is 3. The lowest BCUT2D eigenvalue weighted by Gasteiger charge is -2.72. The third-order valence-corrected chi connectivity index (χ3v) is 18.9. The van der Waals surface area contributed by atoms with Crippen LogP contribution >= 0.6 is 0 Å². The molecule has 1 amide bonds. The van der Waals surface area contributed by atoms with Crippen LogP contribution in [0.5, 0.6) is 0 Å². The Labute approximate surface area is 318 Å². The van der Waals surface area contributed by atoms with E-state index in [2.05, 4.69) is 70.3 Å². The van der Waals surface area contributed by atoms with Crippen LogP contribution < -0.4 is 5.32 Å². The third kappa shape index (κ3) is 5.93. The largest absolute Gasteiger partial charge is 0.478 e. The number of ketones is 1.